The van der Waals surface area contributed by atoms with Crippen LogP contribution in [0.2, 0.25) is 0 Å². The molecule has 0 amide bonds. The van der Waals surface area contributed by atoms with Crippen LogP contribution in [0.15, 0.2) is 42.6 Å². The first-order valence-corrected chi connectivity index (χ1v) is 4.79. The van der Waals surface area contributed by atoms with E-state index in [2.05, 4.69) is 30.1 Å². The molecule has 0 fully saturated rings. The van der Waals surface area contributed by atoms with Crippen LogP contribution in [0.25, 0.3) is 16.5 Å². The second-order valence-electron chi connectivity index (χ2n) is 3.39. The number of para-hydroxylation sites is 1. The van der Waals surface area contributed by atoms with Crippen LogP contribution in [0, 0.1) is 0 Å². The van der Waals surface area contributed by atoms with Gasteiger partial charge in [-0.05, 0) is 37.1 Å². The Bertz CT molecular complexity index is 483. The Kier molecular flexibility index (Phi) is 2.32. The minimum Gasteiger partial charge on any atom is -0.256 e. The molecule has 1 aromatic carbocycles. The Morgan fingerprint density at radius 3 is 2.86 bits per heavy atom. The van der Waals surface area contributed by atoms with Crippen LogP contribution in [-0.4, -0.2) is 4.98 Å². The van der Waals surface area contributed by atoms with E-state index < -0.39 is 0 Å². The number of hydrogen-bond donors (Lipinski definition) is 0. The van der Waals surface area contributed by atoms with E-state index in [0.29, 0.717) is 0 Å². The topological polar surface area (TPSA) is 12.9 Å². The molecule has 70 valence electrons. The number of benzene rings is 1. The van der Waals surface area contributed by atoms with Gasteiger partial charge < -0.3 is 0 Å². The fourth-order valence-electron chi connectivity index (χ4n) is 1.45. The van der Waals surface area contributed by atoms with Crippen molar-refractivity contribution in [1.82, 2.24) is 4.98 Å². The average molecular weight is 183 g/mol. The van der Waals surface area contributed by atoms with E-state index in [9.17, 15) is 0 Å². The zero-order chi connectivity index (χ0) is 9.97. The zero-order valence-corrected chi connectivity index (χ0v) is 8.49. The molecule has 0 unspecified atom stereocenters. The molecule has 14 heavy (non-hydrogen) atoms. The summed E-state index contributed by atoms with van der Waals surface area (Å²) >= 11 is 0. The first kappa shape index (κ1) is 8.95. The molecule has 1 aromatic heterocycles. The van der Waals surface area contributed by atoms with Crippen LogP contribution in [0.5, 0.6) is 0 Å². The van der Waals surface area contributed by atoms with E-state index in [1.807, 2.05) is 31.3 Å². The largest absolute Gasteiger partial charge is 0.256 e. The molecular formula is C13H13N. The van der Waals surface area contributed by atoms with E-state index >= 15 is 0 Å². The summed E-state index contributed by atoms with van der Waals surface area (Å²) in [6.45, 7) is 4.15. The molecule has 0 aliphatic heterocycles. The van der Waals surface area contributed by atoms with Crippen LogP contribution in [0.4, 0.5) is 0 Å². The van der Waals surface area contributed by atoms with Crippen molar-refractivity contribution < 1.29 is 0 Å². The van der Waals surface area contributed by atoms with Gasteiger partial charge in [-0.3, -0.25) is 4.98 Å². The summed E-state index contributed by atoms with van der Waals surface area (Å²) in [5, 5.41) is 1.20. The van der Waals surface area contributed by atoms with Gasteiger partial charge in [-0.1, -0.05) is 24.3 Å². The maximum Gasteiger partial charge on any atom is 0.0702 e. The fourth-order valence-corrected chi connectivity index (χ4v) is 1.45. The van der Waals surface area contributed by atoms with Crippen LogP contribution >= 0.6 is 0 Å². The first-order valence-electron chi connectivity index (χ1n) is 4.79. The molecule has 0 saturated heterocycles. The highest BCUT2D eigenvalue weighted by molar-refractivity contribution is 5.82. The maximum atomic E-state index is 4.41. The molecule has 0 atom stereocenters. The summed E-state index contributed by atoms with van der Waals surface area (Å²) in [4.78, 5) is 4.41. The second kappa shape index (κ2) is 3.62. The number of allylic oxidation sites excluding steroid dienone is 2. The molecule has 0 spiro atoms. The summed E-state index contributed by atoms with van der Waals surface area (Å²) in [7, 11) is 0. The molecule has 2 rings (SSSR count). The summed E-state index contributed by atoms with van der Waals surface area (Å²) in [6, 6.07) is 10.4. The summed E-state index contributed by atoms with van der Waals surface area (Å²) < 4.78 is 0. The van der Waals surface area contributed by atoms with Gasteiger partial charge in [0.25, 0.3) is 0 Å². The van der Waals surface area contributed by atoms with Gasteiger partial charge in [-0.25, -0.2) is 0 Å². The molecular weight excluding hydrogens is 170 g/mol. The number of rotatable bonds is 1. The van der Waals surface area contributed by atoms with Crippen molar-refractivity contribution in [1.29, 1.82) is 0 Å². The number of pyridine rings is 1. The molecule has 1 nitrogen and oxygen atoms in total. The lowest BCUT2D eigenvalue weighted by atomic mass is 10.1. The second-order valence-corrected chi connectivity index (χ2v) is 3.39. The summed E-state index contributed by atoms with van der Waals surface area (Å²) in [5.74, 6) is 0. The van der Waals surface area contributed by atoms with Crippen LogP contribution in [-0.2, 0) is 0 Å². The van der Waals surface area contributed by atoms with Crippen molar-refractivity contribution in [2.24, 2.45) is 0 Å². The molecule has 0 aliphatic carbocycles. The van der Waals surface area contributed by atoms with E-state index in [0.717, 1.165) is 5.52 Å². The van der Waals surface area contributed by atoms with Gasteiger partial charge in [0.15, 0.2) is 0 Å². The third-order valence-corrected chi connectivity index (χ3v) is 2.48. The molecule has 0 aliphatic rings. The highest BCUT2D eigenvalue weighted by Crippen LogP contribution is 2.18. The van der Waals surface area contributed by atoms with E-state index in [1.165, 1.54) is 16.5 Å². The summed E-state index contributed by atoms with van der Waals surface area (Å²) in [5.41, 5.74) is 3.52. The SMILES string of the molecule is C/C=C(/C)c1cnc2ccccc2c1. The van der Waals surface area contributed by atoms with E-state index in [-0.39, 0.29) is 0 Å². The lowest BCUT2D eigenvalue weighted by Gasteiger charge is -2.02. The first-order chi connectivity index (χ1) is 6.81. The van der Waals surface area contributed by atoms with Crippen molar-refractivity contribution in [2.45, 2.75) is 13.8 Å². The smallest absolute Gasteiger partial charge is 0.0702 e. The van der Waals surface area contributed by atoms with Crippen LogP contribution < -0.4 is 0 Å². The van der Waals surface area contributed by atoms with Gasteiger partial charge in [0.2, 0.25) is 0 Å². The maximum absolute atomic E-state index is 4.41. The Morgan fingerprint density at radius 2 is 2.07 bits per heavy atom. The summed E-state index contributed by atoms with van der Waals surface area (Å²) in [6.07, 6.45) is 4.03. The quantitative estimate of drug-likeness (QED) is 0.657. The lowest BCUT2D eigenvalue weighted by Crippen LogP contribution is -1.83. The van der Waals surface area contributed by atoms with Crippen molar-refractivity contribution in [2.75, 3.05) is 0 Å². The highest BCUT2D eigenvalue weighted by atomic mass is 14.6. The van der Waals surface area contributed by atoms with Crippen molar-refractivity contribution in [3.63, 3.8) is 0 Å². The van der Waals surface area contributed by atoms with Gasteiger partial charge in [0.05, 0.1) is 5.52 Å². The Morgan fingerprint density at radius 1 is 1.29 bits per heavy atom. The third kappa shape index (κ3) is 1.53. The molecule has 2 aromatic rings. The van der Waals surface area contributed by atoms with Gasteiger partial charge in [-0.2, -0.15) is 0 Å². The number of aromatic nitrogens is 1. The normalized spacial score (nSPS) is 12.0. The predicted molar refractivity (Wildman–Crippen MR) is 61.1 cm³/mol. The minimum atomic E-state index is 1.06. The molecule has 0 N–H and O–H groups in total. The molecule has 0 saturated carbocycles. The number of hydrogen-bond acceptors (Lipinski definition) is 1. The Balaban J connectivity index is 2.62. The molecule has 1 heterocycles. The monoisotopic (exact) mass is 183 g/mol. The van der Waals surface area contributed by atoms with Crippen LogP contribution in [0.1, 0.15) is 19.4 Å². The predicted octanol–water partition coefficient (Wildman–Crippen LogP) is 3.66. The number of nitrogens with zero attached hydrogens (tertiary/aromatic N) is 1. The van der Waals surface area contributed by atoms with E-state index in [4.69, 9.17) is 0 Å². The average Bonchev–Trinajstić information content (AvgIpc) is 2.27. The third-order valence-electron chi connectivity index (χ3n) is 2.48. The van der Waals surface area contributed by atoms with Gasteiger partial charge >= 0.3 is 0 Å². The standard InChI is InChI=1S/C13H13N/c1-3-10(2)12-8-11-6-4-5-7-13(11)14-9-12/h3-9H,1-2H3/b10-3-. The molecule has 1 heteroatoms. The highest BCUT2D eigenvalue weighted by Gasteiger charge is 1.97. The van der Waals surface area contributed by atoms with Crippen molar-refractivity contribution >= 4 is 16.5 Å². The van der Waals surface area contributed by atoms with E-state index in [1.54, 1.807) is 0 Å². The van der Waals surface area contributed by atoms with Crippen molar-refractivity contribution in [3.05, 3.63) is 48.2 Å². The van der Waals surface area contributed by atoms with Gasteiger partial charge in [0, 0.05) is 11.6 Å². The fraction of sp³-hybridized carbons (Fsp3) is 0.154. The van der Waals surface area contributed by atoms with Crippen molar-refractivity contribution in [3.8, 4) is 0 Å². The molecule has 0 radical (unpaired) electrons. The van der Waals surface area contributed by atoms with Gasteiger partial charge in [0.1, 0.15) is 0 Å². The van der Waals surface area contributed by atoms with Gasteiger partial charge in [-0.15, -0.1) is 0 Å². The lowest BCUT2D eigenvalue weighted by molar-refractivity contribution is 1.38. The number of fused-ring (bicyclic) bond motifs is 1. The zero-order valence-electron chi connectivity index (χ0n) is 8.49. The van der Waals surface area contributed by atoms with Crippen LogP contribution in [0.3, 0.4) is 0 Å². The molecule has 0 bridgehead atoms. The Hall–Kier alpha value is -1.63. The Labute approximate surface area is 84.1 Å². The minimum absolute atomic E-state index is 1.06.